The molecule has 0 saturated heterocycles. The molecule has 126 valence electrons. The van der Waals surface area contributed by atoms with E-state index >= 15 is 0 Å². The molecule has 1 aliphatic rings. The third kappa shape index (κ3) is 4.09. The second kappa shape index (κ2) is 7.71. The van der Waals surface area contributed by atoms with Gasteiger partial charge in [0, 0.05) is 11.6 Å². The van der Waals surface area contributed by atoms with Crippen LogP contribution in [0.5, 0.6) is 5.75 Å². The molecule has 1 N–H and O–H groups in total. The Morgan fingerprint density at radius 2 is 1.92 bits per heavy atom. The molecule has 0 radical (unpaired) electrons. The second-order valence-electron chi connectivity index (χ2n) is 6.21. The van der Waals surface area contributed by atoms with Crippen LogP contribution in [0.2, 0.25) is 5.02 Å². The van der Waals surface area contributed by atoms with Crippen LogP contribution >= 0.6 is 11.6 Å². The fourth-order valence-corrected chi connectivity index (χ4v) is 3.16. The van der Waals surface area contributed by atoms with E-state index in [1.807, 2.05) is 36.4 Å². The molecular formula is C20H22ClNO2. The van der Waals surface area contributed by atoms with E-state index in [9.17, 15) is 4.79 Å². The molecule has 0 aromatic heterocycles. The molecule has 2 aromatic carbocycles. The van der Waals surface area contributed by atoms with E-state index in [2.05, 4.69) is 11.4 Å². The average Bonchev–Trinajstić information content (AvgIpc) is 2.61. The lowest BCUT2D eigenvalue weighted by Gasteiger charge is -2.22. The van der Waals surface area contributed by atoms with E-state index in [0.29, 0.717) is 11.6 Å². The molecule has 24 heavy (non-hydrogen) atoms. The summed E-state index contributed by atoms with van der Waals surface area (Å²) in [6, 6.07) is 13.6. The first-order valence-electron chi connectivity index (χ1n) is 8.43. The fourth-order valence-electron chi connectivity index (χ4n) is 3.04. The molecule has 0 fully saturated rings. The molecule has 1 aliphatic carbocycles. The molecular weight excluding hydrogens is 322 g/mol. The molecule has 4 heteroatoms. The monoisotopic (exact) mass is 343 g/mol. The van der Waals surface area contributed by atoms with Crippen molar-refractivity contribution in [2.75, 3.05) is 0 Å². The number of hydrogen-bond donors (Lipinski definition) is 1. The highest BCUT2D eigenvalue weighted by Gasteiger charge is 2.19. The lowest BCUT2D eigenvalue weighted by molar-refractivity contribution is -0.127. The van der Waals surface area contributed by atoms with Crippen molar-refractivity contribution < 1.29 is 9.53 Å². The number of benzene rings is 2. The molecule has 3 rings (SSSR count). The maximum Gasteiger partial charge on any atom is 0.261 e. The molecule has 0 aliphatic heterocycles. The van der Waals surface area contributed by atoms with Gasteiger partial charge in [0.25, 0.3) is 5.91 Å². The highest BCUT2D eigenvalue weighted by molar-refractivity contribution is 6.30. The van der Waals surface area contributed by atoms with Gasteiger partial charge in [0.15, 0.2) is 6.10 Å². The van der Waals surface area contributed by atoms with Gasteiger partial charge in [-0.2, -0.15) is 0 Å². The van der Waals surface area contributed by atoms with Crippen LogP contribution in [0.25, 0.3) is 0 Å². The van der Waals surface area contributed by atoms with Crippen LogP contribution in [-0.2, 0) is 24.2 Å². The average molecular weight is 344 g/mol. The minimum atomic E-state index is -0.522. The van der Waals surface area contributed by atoms with Crippen LogP contribution in [0.15, 0.2) is 42.5 Å². The van der Waals surface area contributed by atoms with Crippen LogP contribution in [0, 0.1) is 0 Å². The fraction of sp³-hybridized carbons (Fsp3) is 0.350. The van der Waals surface area contributed by atoms with Crippen molar-refractivity contribution in [3.05, 3.63) is 64.2 Å². The van der Waals surface area contributed by atoms with Gasteiger partial charge < -0.3 is 10.1 Å². The predicted molar refractivity (Wildman–Crippen MR) is 96.5 cm³/mol. The second-order valence-corrected chi connectivity index (χ2v) is 6.64. The number of halogens is 1. The van der Waals surface area contributed by atoms with Crippen molar-refractivity contribution in [3.63, 3.8) is 0 Å². The van der Waals surface area contributed by atoms with Gasteiger partial charge in [0.2, 0.25) is 0 Å². The number of carbonyl (C=O) groups is 1. The number of nitrogens with one attached hydrogen (secondary N) is 1. The van der Waals surface area contributed by atoms with Gasteiger partial charge in [0.1, 0.15) is 5.75 Å². The van der Waals surface area contributed by atoms with Gasteiger partial charge in [-0.1, -0.05) is 35.9 Å². The molecule has 3 nitrogen and oxygen atoms in total. The summed E-state index contributed by atoms with van der Waals surface area (Å²) in [5.41, 5.74) is 3.63. The van der Waals surface area contributed by atoms with Gasteiger partial charge in [-0.05, 0) is 67.5 Å². The molecule has 0 heterocycles. The van der Waals surface area contributed by atoms with Crippen LogP contribution in [0.3, 0.4) is 0 Å². The molecule has 0 saturated carbocycles. The maximum atomic E-state index is 12.3. The molecule has 1 unspecified atom stereocenters. The number of carbonyl (C=O) groups excluding carboxylic acids is 1. The molecule has 0 spiro atoms. The Hall–Kier alpha value is -2.00. The lowest BCUT2D eigenvalue weighted by Crippen LogP contribution is -2.36. The summed E-state index contributed by atoms with van der Waals surface area (Å²) in [7, 11) is 0. The van der Waals surface area contributed by atoms with E-state index in [4.69, 9.17) is 16.3 Å². The van der Waals surface area contributed by atoms with E-state index in [0.717, 1.165) is 24.2 Å². The lowest BCUT2D eigenvalue weighted by atomic mass is 9.91. The number of aryl methyl sites for hydroxylation is 1. The number of amides is 1. The van der Waals surface area contributed by atoms with Gasteiger partial charge in [0.05, 0.1) is 0 Å². The highest BCUT2D eigenvalue weighted by Crippen LogP contribution is 2.30. The SMILES string of the molecule is CC(Oc1cccc2c1CCCC2)C(=O)NCc1ccc(Cl)cc1. The Labute approximate surface area is 148 Å². The van der Waals surface area contributed by atoms with E-state index < -0.39 is 6.10 Å². The first kappa shape index (κ1) is 16.8. The third-order valence-corrected chi connectivity index (χ3v) is 4.66. The van der Waals surface area contributed by atoms with E-state index in [-0.39, 0.29) is 5.91 Å². The molecule has 0 bridgehead atoms. The minimum Gasteiger partial charge on any atom is -0.481 e. The van der Waals surface area contributed by atoms with Gasteiger partial charge in [-0.3, -0.25) is 4.79 Å². The highest BCUT2D eigenvalue weighted by atomic mass is 35.5. The summed E-state index contributed by atoms with van der Waals surface area (Å²) >= 11 is 5.87. The Kier molecular flexibility index (Phi) is 5.41. The number of rotatable bonds is 5. The predicted octanol–water partition coefficient (Wildman–Crippen LogP) is 4.30. The summed E-state index contributed by atoms with van der Waals surface area (Å²) in [6.45, 7) is 2.26. The Balaban J connectivity index is 1.59. The number of fused-ring (bicyclic) bond motifs is 1. The van der Waals surface area contributed by atoms with Gasteiger partial charge in [-0.25, -0.2) is 0 Å². The van der Waals surface area contributed by atoms with Crippen molar-refractivity contribution in [1.29, 1.82) is 0 Å². The summed E-state index contributed by atoms with van der Waals surface area (Å²) in [6.07, 6.45) is 4.03. The van der Waals surface area contributed by atoms with Crippen molar-refractivity contribution in [2.45, 2.75) is 45.3 Å². The Bertz CT molecular complexity index is 712. The molecule has 1 atom stereocenters. The van der Waals surface area contributed by atoms with E-state index in [1.54, 1.807) is 6.92 Å². The number of ether oxygens (including phenoxy) is 1. The Morgan fingerprint density at radius 1 is 1.17 bits per heavy atom. The first-order valence-corrected chi connectivity index (χ1v) is 8.81. The zero-order chi connectivity index (χ0) is 16.9. The van der Waals surface area contributed by atoms with Crippen LogP contribution in [0.4, 0.5) is 0 Å². The van der Waals surface area contributed by atoms with Crippen LogP contribution in [-0.4, -0.2) is 12.0 Å². The normalized spacial score (nSPS) is 14.6. The summed E-state index contributed by atoms with van der Waals surface area (Å²) < 4.78 is 5.95. The van der Waals surface area contributed by atoms with Gasteiger partial charge in [-0.15, -0.1) is 0 Å². The van der Waals surface area contributed by atoms with Crippen molar-refractivity contribution in [1.82, 2.24) is 5.32 Å². The molecule has 2 aromatic rings. The van der Waals surface area contributed by atoms with Crippen LogP contribution < -0.4 is 10.1 Å². The van der Waals surface area contributed by atoms with Crippen molar-refractivity contribution >= 4 is 17.5 Å². The largest absolute Gasteiger partial charge is 0.481 e. The minimum absolute atomic E-state index is 0.113. The first-order chi connectivity index (χ1) is 11.6. The standard InChI is InChI=1S/C20H22ClNO2/c1-14(20(23)22-13-15-9-11-17(21)12-10-15)24-19-8-4-6-16-5-2-3-7-18(16)19/h4,6,8-12,14H,2-3,5,7,13H2,1H3,(H,22,23). The topological polar surface area (TPSA) is 38.3 Å². The third-order valence-electron chi connectivity index (χ3n) is 4.41. The number of hydrogen-bond acceptors (Lipinski definition) is 2. The van der Waals surface area contributed by atoms with Crippen molar-refractivity contribution in [3.8, 4) is 5.75 Å². The molecule has 1 amide bonds. The van der Waals surface area contributed by atoms with E-state index in [1.165, 1.54) is 24.0 Å². The quantitative estimate of drug-likeness (QED) is 0.878. The summed E-state index contributed by atoms with van der Waals surface area (Å²) in [5.74, 6) is 0.736. The smallest absolute Gasteiger partial charge is 0.261 e. The zero-order valence-corrected chi connectivity index (χ0v) is 14.6. The van der Waals surface area contributed by atoms with Gasteiger partial charge >= 0.3 is 0 Å². The van der Waals surface area contributed by atoms with Crippen LogP contribution in [0.1, 0.15) is 36.5 Å². The maximum absolute atomic E-state index is 12.3. The van der Waals surface area contributed by atoms with Crippen molar-refractivity contribution in [2.24, 2.45) is 0 Å². The summed E-state index contributed by atoms with van der Waals surface area (Å²) in [4.78, 5) is 12.3. The zero-order valence-electron chi connectivity index (χ0n) is 13.8. The summed E-state index contributed by atoms with van der Waals surface area (Å²) in [5, 5.41) is 3.60. The Morgan fingerprint density at radius 3 is 2.71 bits per heavy atom.